The van der Waals surface area contributed by atoms with E-state index in [1.54, 1.807) is 18.2 Å². The highest BCUT2D eigenvalue weighted by atomic mass is 35.5. The molecule has 24 heavy (non-hydrogen) atoms. The molecule has 0 bridgehead atoms. The van der Waals surface area contributed by atoms with Gasteiger partial charge < -0.3 is 15.2 Å². The molecule has 0 radical (unpaired) electrons. The van der Waals surface area contributed by atoms with Gasteiger partial charge in [-0.25, -0.2) is 8.78 Å². The van der Waals surface area contributed by atoms with Crippen LogP contribution in [-0.4, -0.2) is 24.7 Å². The Hall–Kier alpha value is -1.85. The quantitative estimate of drug-likeness (QED) is 0.880. The van der Waals surface area contributed by atoms with Gasteiger partial charge in [-0.2, -0.15) is 0 Å². The number of hydrogen-bond acceptors (Lipinski definition) is 3. The average Bonchev–Trinajstić information content (AvgIpc) is 2.52. The van der Waals surface area contributed by atoms with Crippen molar-refractivity contribution in [2.45, 2.75) is 25.3 Å². The SMILES string of the molecule is Cl.Oc1cc2c3c(c1)-c1c(cccc1OCC(F)F)CC3NCC2. The number of phenolic OH excluding ortho intramolecular Hbond substituents is 1. The van der Waals surface area contributed by atoms with Gasteiger partial charge in [-0.3, -0.25) is 0 Å². The number of benzene rings is 2. The van der Waals surface area contributed by atoms with Crippen molar-refractivity contribution in [1.82, 2.24) is 5.32 Å². The van der Waals surface area contributed by atoms with E-state index in [0.717, 1.165) is 47.2 Å². The molecule has 0 spiro atoms. The lowest BCUT2D eigenvalue weighted by atomic mass is 9.77. The molecule has 1 unspecified atom stereocenters. The second kappa shape index (κ2) is 6.57. The van der Waals surface area contributed by atoms with Crippen molar-refractivity contribution >= 4 is 12.4 Å². The van der Waals surface area contributed by atoms with E-state index in [1.165, 1.54) is 0 Å². The largest absolute Gasteiger partial charge is 0.508 e. The maximum absolute atomic E-state index is 12.5. The molecule has 0 amide bonds. The van der Waals surface area contributed by atoms with Crippen LogP contribution in [0.3, 0.4) is 0 Å². The number of nitrogens with one attached hydrogen (secondary N) is 1. The number of halogens is 3. The lowest BCUT2D eigenvalue weighted by molar-refractivity contribution is 0.0821. The summed E-state index contributed by atoms with van der Waals surface area (Å²) in [6, 6.07) is 9.26. The predicted molar refractivity (Wildman–Crippen MR) is 90.4 cm³/mol. The number of hydrogen-bond donors (Lipinski definition) is 2. The van der Waals surface area contributed by atoms with Crippen LogP contribution in [-0.2, 0) is 12.8 Å². The van der Waals surface area contributed by atoms with Crippen LogP contribution < -0.4 is 10.1 Å². The van der Waals surface area contributed by atoms with E-state index in [2.05, 4.69) is 5.32 Å². The molecule has 0 aromatic heterocycles. The van der Waals surface area contributed by atoms with Gasteiger partial charge >= 0.3 is 0 Å². The van der Waals surface area contributed by atoms with Crippen LogP contribution in [0.2, 0.25) is 0 Å². The van der Waals surface area contributed by atoms with Crippen molar-refractivity contribution < 1.29 is 18.6 Å². The minimum atomic E-state index is -2.51. The van der Waals surface area contributed by atoms with E-state index in [0.29, 0.717) is 5.75 Å². The third kappa shape index (κ3) is 2.82. The van der Waals surface area contributed by atoms with E-state index in [1.807, 2.05) is 12.1 Å². The molecule has 2 N–H and O–H groups in total. The fourth-order valence-electron chi connectivity index (χ4n) is 3.72. The molecule has 2 aromatic rings. The molecule has 1 atom stereocenters. The summed E-state index contributed by atoms with van der Waals surface area (Å²) < 4.78 is 30.4. The van der Waals surface area contributed by atoms with Crippen LogP contribution in [0.5, 0.6) is 11.5 Å². The van der Waals surface area contributed by atoms with Crippen LogP contribution in [0.1, 0.15) is 22.7 Å². The number of aromatic hydroxyl groups is 1. The fourth-order valence-corrected chi connectivity index (χ4v) is 3.72. The second-order valence-electron chi connectivity index (χ2n) is 6.02. The van der Waals surface area contributed by atoms with Gasteiger partial charge in [-0.15, -0.1) is 12.4 Å². The van der Waals surface area contributed by atoms with Crippen LogP contribution in [0.15, 0.2) is 30.3 Å². The van der Waals surface area contributed by atoms with Crippen molar-refractivity contribution in [1.29, 1.82) is 0 Å². The first-order valence-corrected chi connectivity index (χ1v) is 7.76. The normalized spacial score (nSPS) is 17.7. The molecule has 0 saturated heterocycles. The van der Waals surface area contributed by atoms with Gasteiger partial charge in [-0.1, -0.05) is 12.1 Å². The van der Waals surface area contributed by atoms with E-state index < -0.39 is 13.0 Å². The Morgan fingerprint density at radius 2 is 2.08 bits per heavy atom. The number of rotatable bonds is 3. The second-order valence-corrected chi connectivity index (χ2v) is 6.02. The molecule has 1 heterocycles. The van der Waals surface area contributed by atoms with Gasteiger partial charge in [0.25, 0.3) is 6.43 Å². The Bertz CT molecular complexity index is 767. The van der Waals surface area contributed by atoms with E-state index in [4.69, 9.17) is 4.74 Å². The molecule has 6 heteroatoms. The predicted octanol–water partition coefficient (Wildman–Crippen LogP) is 3.87. The van der Waals surface area contributed by atoms with Gasteiger partial charge in [0.1, 0.15) is 18.1 Å². The molecule has 1 aliphatic heterocycles. The lowest BCUT2D eigenvalue weighted by Crippen LogP contribution is -2.33. The molecular weight excluding hydrogens is 336 g/mol. The molecule has 2 aromatic carbocycles. The standard InChI is InChI=1S/C18H17F2NO2.ClH/c19-16(20)9-23-15-3-1-2-10-7-14-17-11(4-5-21-14)6-12(22)8-13(17)18(10)15;/h1-3,6,8,14,16,21-22H,4-5,7,9H2;1H. The highest BCUT2D eigenvalue weighted by Crippen LogP contribution is 2.47. The third-order valence-corrected chi connectivity index (χ3v) is 4.55. The van der Waals surface area contributed by atoms with E-state index in [9.17, 15) is 13.9 Å². The summed E-state index contributed by atoms with van der Waals surface area (Å²) in [6.07, 6.45) is -0.865. The van der Waals surface area contributed by atoms with Crippen LogP contribution in [0, 0.1) is 0 Å². The summed E-state index contributed by atoms with van der Waals surface area (Å²) in [6.45, 7) is 0.247. The Kier molecular flexibility index (Phi) is 4.65. The Morgan fingerprint density at radius 3 is 2.88 bits per heavy atom. The zero-order valence-electron chi connectivity index (χ0n) is 12.9. The van der Waals surface area contributed by atoms with Crippen molar-refractivity contribution in [2.24, 2.45) is 0 Å². The van der Waals surface area contributed by atoms with Crippen molar-refractivity contribution in [2.75, 3.05) is 13.2 Å². The van der Waals surface area contributed by atoms with E-state index in [-0.39, 0.29) is 24.2 Å². The smallest absolute Gasteiger partial charge is 0.272 e. The molecule has 3 nitrogen and oxygen atoms in total. The summed E-state index contributed by atoms with van der Waals surface area (Å²) in [5.41, 5.74) is 5.07. The van der Waals surface area contributed by atoms with Crippen molar-refractivity contribution in [3.8, 4) is 22.6 Å². The van der Waals surface area contributed by atoms with Crippen LogP contribution in [0.25, 0.3) is 11.1 Å². The first-order chi connectivity index (χ1) is 11.1. The van der Waals surface area contributed by atoms with Crippen molar-refractivity contribution in [3.05, 3.63) is 47.0 Å². The minimum Gasteiger partial charge on any atom is -0.508 e. The Morgan fingerprint density at radius 1 is 1.25 bits per heavy atom. The van der Waals surface area contributed by atoms with Crippen LogP contribution in [0.4, 0.5) is 8.78 Å². The maximum Gasteiger partial charge on any atom is 0.272 e. The average molecular weight is 354 g/mol. The highest BCUT2D eigenvalue weighted by Gasteiger charge is 2.31. The summed E-state index contributed by atoms with van der Waals surface area (Å²) in [5.74, 6) is 0.663. The monoisotopic (exact) mass is 353 g/mol. The molecular formula is C18H18ClF2NO2. The van der Waals surface area contributed by atoms with Gasteiger partial charge in [0, 0.05) is 11.6 Å². The summed E-state index contributed by atoms with van der Waals surface area (Å²) >= 11 is 0. The first kappa shape index (κ1) is 17.0. The summed E-state index contributed by atoms with van der Waals surface area (Å²) in [7, 11) is 0. The first-order valence-electron chi connectivity index (χ1n) is 7.76. The Labute approximate surface area is 145 Å². The minimum absolute atomic E-state index is 0. The van der Waals surface area contributed by atoms with Gasteiger partial charge in [0.05, 0.1) is 0 Å². The molecule has 4 rings (SSSR count). The number of fused-ring (bicyclic) bond motifs is 2. The zero-order valence-corrected chi connectivity index (χ0v) is 13.7. The topological polar surface area (TPSA) is 41.5 Å². The molecule has 0 saturated carbocycles. The third-order valence-electron chi connectivity index (χ3n) is 4.55. The molecule has 2 aliphatic rings. The van der Waals surface area contributed by atoms with E-state index >= 15 is 0 Å². The fraction of sp³-hybridized carbons (Fsp3) is 0.333. The number of ether oxygens (including phenoxy) is 1. The van der Waals surface area contributed by atoms with Gasteiger partial charge in [0.2, 0.25) is 0 Å². The van der Waals surface area contributed by atoms with Crippen LogP contribution >= 0.6 is 12.4 Å². The maximum atomic E-state index is 12.5. The summed E-state index contributed by atoms with van der Waals surface area (Å²) in [5, 5.41) is 13.6. The zero-order chi connectivity index (χ0) is 16.0. The van der Waals surface area contributed by atoms with Gasteiger partial charge in [0.15, 0.2) is 0 Å². The summed E-state index contributed by atoms with van der Waals surface area (Å²) in [4.78, 5) is 0. The van der Waals surface area contributed by atoms with Crippen molar-refractivity contribution in [3.63, 3.8) is 0 Å². The number of alkyl halides is 2. The molecule has 0 fully saturated rings. The lowest BCUT2D eigenvalue weighted by Gasteiger charge is -2.35. The number of phenols is 1. The Balaban J connectivity index is 0.00000169. The molecule has 128 valence electrons. The molecule has 1 aliphatic carbocycles. The highest BCUT2D eigenvalue weighted by molar-refractivity contribution is 5.85. The van der Waals surface area contributed by atoms with Gasteiger partial charge in [-0.05, 0) is 59.8 Å².